The number of sulfone groups is 1. The van der Waals surface area contributed by atoms with Gasteiger partial charge in [-0.05, 0) is 38.5 Å². The Balaban J connectivity index is 1.72. The Bertz CT molecular complexity index is 957. The Morgan fingerprint density at radius 2 is 1.93 bits per heavy atom. The SMILES string of the molecule is CC(C)(C)OC(=O)NCC(=O)N=C1S[C@@H]2CS(=O)(=O)C[C@H]2N1Cc1ccc(Cl)cc1. The number of rotatable bonds is 4. The molecule has 0 aromatic heterocycles. The van der Waals surface area contributed by atoms with E-state index in [0.29, 0.717) is 16.7 Å². The number of alkyl carbamates (subject to hydrolysis) is 1. The van der Waals surface area contributed by atoms with Crippen LogP contribution in [-0.4, -0.2) is 65.4 Å². The number of benzene rings is 1. The topological polar surface area (TPSA) is 105 Å². The van der Waals surface area contributed by atoms with Crippen molar-refractivity contribution in [2.45, 2.75) is 44.2 Å². The maximum Gasteiger partial charge on any atom is 0.408 e. The zero-order valence-corrected chi connectivity index (χ0v) is 19.3. The van der Waals surface area contributed by atoms with Gasteiger partial charge < -0.3 is 15.0 Å². The molecule has 2 saturated heterocycles. The van der Waals surface area contributed by atoms with E-state index in [1.165, 1.54) is 11.8 Å². The fourth-order valence-electron chi connectivity index (χ4n) is 3.22. The van der Waals surface area contributed by atoms with Gasteiger partial charge in [0, 0.05) is 16.8 Å². The molecule has 1 aromatic rings. The number of hydrogen-bond donors (Lipinski definition) is 1. The lowest BCUT2D eigenvalue weighted by Gasteiger charge is -2.24. The fraction of sp³-hybridized carbons (Fsp3) is 0.526. The van der Waals surface area contributed by atoms with E-state index >= 15 is 0 Å². The fourth-order valence-corrected chi connectivity index (χ4v) is 7.31. The van der Waals surface area contributed by atoms with Gasteiger partial charge >= 0.3 is 6.09 Å². The number of amides is 2. The molecule has 2 heterocycles. The maximum absolute atomic E-state index is 12.3. The van der Waals surface area contributed by atoms with Gasteiger partial charge in [-0.25, -0.2) is 13.2 Å². The molecule has 2 aliphatic rings. The lowest BCUT2D eigenvalue weighted by Crippen LogP contribution is -2.38. The second kappa shape index (κ2) is 8.76. The van der Waals surface area contributed by atoms with E-state index < -0.39 is 27.4 Å². The predicted molar refractivity (Wildman–Crippen MR) is 117 cm³/mol. The van der Waals surface area contributed by atoms with Crippen molar-refractivity contribution >= 4 is 50.4 Å². The zero-order chi connectivity index (χ0) is 22.1. The number of amidine groups is 1. The minimum atomic E-state index is -3.13. The van der Waals surface area contributed by atoms with E-state index in [4.69, 9.17) is 16.3 Å². The van der Waals surface area contributed by atoms with Gasteiger partial charge in [-0.15, -0.1) is 0 Å². The first-order valence-electron chi connectivity index (χ1n) is 9.38. The molecule has 2 atom stereocenters. The summed E-state index contributed by atoms with van der Waals surface area (Å²) < 4.78 is 29.3. The summed E-state index contributed by atoms with van der Waals surface area (Å²) in [5.41, 5.74) is 0.260. The summed E-state index contributed by atoms with van der Waals surface area (Å²) in [6.07, 6.45) is -0.698. The van der Waals surface area contributed by atoms with Crippen LogP contribution >= 0.6 is 23.4 Å². The third kappa shape index (κ3) is 6.12. The summed E-state index contributed by atoms with van der Waals surface area (Å²) in [4.78, 5) is 30.1. The molecule has 8 nitrogen and oxygen atoms in total. The number of thioether (sulfide) groups is 1. The minimum absolute atomic E-state index is 0.0294. The molecule has 30 heavy (non-hydrogen) atoms. The average Bonchev–Trinajstić information content (AvgIpc) is 3.06. The lowest BCUT2D eigenvalue weighted by atomic mass is 10.1. The summed E-state index contributed by atoms with van der Waals surface area (Å²) in [5, 5.41) is 3.29. The van der Waals surface area contributed by atoms with Gasteiger partial charge in [0.15, 0.2) is 15.0 Å². The Hall–Kier alpha value is -1.78. The van der Waals surface area contributed by atoms with Crippen molar-refractivity contribution in [3.05, 3.63) is 34.9 Å². The quantitative estimate of drug-likeness (QED) is 0.716. The molecule has 3 rings (SSSR count). The van der Waals surface area contributed by atoms with Crippen LogP contribution in [0, 0.1) is 0 Å². The predicted octanol–water partition coefficient (Wildman–Crippen LogP) is 2.46. The number of halogens is 1. The summed E-state index contributed by atoms with van der Waals surface area (Å²) >= 11 is 7.24. The molecule has 11 heteroatoms. The smallest absolute Gasteiger partial charge is 0.408 e. The second-order valence-electron chi connectivity index (χ2n) is 8.20. The molecule has 2 fully saturated rings. The van der Waals surface area contributed by atoms with Gasteiger partial charge in [-0.3, -0.25) is 4.79 Å². The van der Waals surface area contributed by atoms with Gasteiger partial charge in [0.25, 0.3) is 5.91 Å². The number of nitrogens with one attached hydrogen (secondary N) is 1. The van der Waals surface area contributed by atoms with Crippen LogP contribution in [0.3, 0.4) is 0 Å². The van der Waals surface area contributed by atoms with Crippen molar-refractivity contribution in [2.75, 3.05) is 18.1 Å². The number of aliphatic imine (C=N–C) groups is 1. The summed E-state index contributed by atoms with van der Waals surface area (Å²) in [6.45, 7) is 5.29. The largest absolute Gasteiger partial charge is 0.444 e. The molecule has 1 N–H and O–H groups in total. The Morgan fingerprint density at radius 3 is 2.57 bits per heavy atom. The molecule has 0 radical (unpaired) electrons. The van der Waals surface area contributed by atoms with E-state index in [1.54, 1.807) is 32.9 Å². The highest BCUT2D eigenvalue weighted by Gasteiger charge is 2.48. The highest BCUT2D eigenvalue weighted by atomic mass is 35.5. The molecule has 0 bridgehead atoms. The number of ether oxygens (including phenoxy) is 1. The number of hydrogen-bond acceptors (Lipinski definition) is 6. The van der Waals surface area contributed by atoms with Gasteiger partial charge in [0.2, 0.25) is 0 Å². The molecule has 1 aromatic carbocycles. The summed E-state index contributed by atoms with van der Waals surface area (Å²) in [6, 6.07) is 6.98. The van der Waals surface area contributed by atoms with Crippen molar-refractivity contribution in [1.29, 1.82) is 0 Å². The van der Waals surface area contributed by atoms with Crippen LogP contribution in [0.15, 0.2) is 29.3 Å². The van der Waals surface area contributed by atoms with Crippen molar-refractivity contribution in [3.63, 3.8) is 0 Å². The molecule has 0 spiro atoms. The number of carbonyl (C=O) groups is 2. The third-order valence-corrected chi connectivity index (χ3v) is 7.94. The minimum Gasteiger partial charge on any atom is -0.444 e. The third-order valence-electron chi connectivity index (χ3n) is 4.44. The van der Waals surface area contributed by atoms with E-state index in [1.807, 2.05) is 17.0 Å². The summed E-state index contributed by atoms with van der Waals surface area (Å²) in [7, 11) is -3.13. The van der Waals surface area contributed by atoms with Crippen LogP contribution in [0.5, 0.6) is 0 Å². The highest BCUT2D eigenvalue weighted by molar-refractivity contribution is 8.15. The van der Waals surface area contributed by atoms with Crippen LogP contribution < -0.4 is 5.32 Å². The first-order valence-corrected chi connectivity index (χ1v) is 12.5. The van der Waals surface area contributed by atoms with E-state index in [0.717, 1.165) is 5.56 Å². The van der Waals surface area contributed by atoms with E-state index in [2.05, 4.69) is 10.3 Å². The van der Waals surface area contributed by atoms with Gasteiger partial charge in [0.05, 0.1) is 17.5 Å². The molecule has 0 saturated carbocycles. The lowest BCUT2D eigenvalue weighted by molar-refractivity contribution is -0.117. The van der Waals surface area contributed by atoms with Crippen LogP contribution in [0.1, 0.15) is 26.3 Å². The van der Waals surface area contributed by atoms with Gasteiger partial charge in [-0.1, -0.05) is 35.5 Å². The Kier molecular flexibility index (Phi) is 6.69. The molecule has 0 aliphatic carbocycles. The van der Waals surface area contributed by atoms with Crippen LogP contribution in [0.2, 0.25) is 5.02 Å². The number of fused-ring (bicyclic) bond motifs is 1. The van der Waals surface area contributed by atoms with Crippen molar-refractivity contribution < 1.29 is 22.7 Å². The van der Waals surface area contributed by atoms with Crippen molar-refractivity contribution in [2.24, 2.45) is 4.99 Å². The first kappa shape index (κ1) is 22.9. The number of carbonyl (C=O) groups excluding carboxylic acids is 2. The Labute approximate surface area is 185 Å². The van der Waals surface area contributed by atoms with Gasteiger partial charge in [-0.2, -0.15) is 4.99 Å². The molecule has 2 amide bonds. The average molecular weight is 474 g/mol. The molecular formula is C19H24ClN3O5S2. The van der Waals surface area contributed by atoms with Crippen LogP contribution in [-0.2, 0) is 25.9 Å². The molecule has 0 unspecified atom stereocenters. The molecular weight excluding hydrogens is 450 g/mol. The zero-order valence-electron chi connectivity index (χ0n) is 16.9. The molecule has 164 valence electrons. The standard InChI is InChI=1S/C19H24ClN3O5S2/c1-19(2,3)28-18(25)21-8-16(24)22-17-23(9-12-4-6-13(20)7-5-12)14-10-30(26,27)11-15(14)29-17/h4-7,14-15H,8-11H2,1-3H3,(H,21,25)/t14-,15-/m1/s1. The maximum atomic E-state index is 12.3. The number of nitrogens with zero attached hydrogens (tertiary/aromatic N) is 2. The Morgan fingerprint density at radius 1 is 1.27 bits per heavy atom. The van der Waals surface area contributed by atoms with Gasteiger partial charge in [0.1, 0.15) is 12.1 Å². The molecule has 2 aliphatic heterocycles. The van der Waals surface area contributed by atoms with E-state index in [9.17, 15) is 18.0 Å². The van der Waals surface area contributed by atoms with Crippen molar-refractivity contribution in [3.8, 4) is 0 Å². The normalized spacial score (nSPS) is 24.0. The van der Waals surface area contributed by atoms with Crippen LogP contribution in [0.4, 0.5) is 4.79 Å². The highest BCUT2D eigenvalue weighted by Crippen LogP contribution is 2.39. The second-order valence-corrected chi connectivity index (χ2v) is 12.0. The van der Waals surface area contributed by atoms with Crippen molar-refractivity contribution in [1.82, 2.24) is 10.2 Å². The first-order chi connectivity index (χ1) is 13.9. The van der Waals surface area contributed by atoms with E-state index in [-0.39, 0.29) is 29.3 Å². The monoisotopic (exact) mass is 473 g/mol. The van der Waals surface area contributed by atoms with Crippen LogP contribution in [0.25, 0.3) is 0 Å². The summed E-state index contributed by atoms with van der Waals surface area (Å²) in [5.74, 6) is -0.447.